The molecule has 1 heterocycles. The maximum atomic E-state index is 13.1. The van der Waals surface area contributed by atoms with Crippen molar-refractivity contribution in [2.45, 2.75) is 32.7 Å². The van der Waals surface area contributed by atoms with Gasteiger partial charge in [-0.2, -0.15) is 0 Å². The summed E-state index contributed by atoms with van der Waals surface area (Å²) in [4.78, 5) is 14.6. The zero-order chi connectivity index (χ0) is 15.4. The Morgan fingerprint density at radius 3 is 2.95 bits per heavy atom. The van der Waals surface area contributed by atoms with Gasteiger partial charge in [0.05, 0.1) is 5.56 Å². The first-order chi connectivity index (χ1) is 9.97. The van der Waals surface area contributed by atoms with Crippen LogP contribution < -0.4 is 5.32 Å². The molecule has 0 radical (unpaired) electrons. The second-order valence-corrected chi connectivity index (χ2v) is 7.09. The van der Waals surface area contributed by atoms with Gasteiger partial charge < -0.3 is 10.2 Å². The SMILES string of the molecule is CC(C)N1CCCC(CNC(=O)c2ccc(F)cc2I)C1. The summed E-state index contributed by atoms with van der Waals surface area (Å²) in [5.74, 6) is 0.0834. The molecule has 1 unspecified atom stereocenters. The van der Waals surface area contributed by atoms with E-state index in [1.54, 1.807) is 6.07 Å². The highest BCUT2D eigenvalue weighted by molar-refractivity contribution is 14.1. The van der Waals surface area contributed by atoms with E-state index < -0.39 is 0 Å². The second-order valence-electron chi connectivity index (χ2n) is 5.93. The third kappa shape index (κ3) is 4.64. The molecule has 1 aliphatic heterocycles. The van der Waals surface area contributed by atoms with Crippen LogP contribution in [0.5, 0.6) is 0 Å². The monoisotopic (exact) mass is 404 g/mol. The number of rotatable bonds is 4. The molecule has 5 heteroatoms. The third-order valence-corrected chi connectivity index (χ3v) is 4.90. The van der Waals surface area contributed by atoms with Gasteiger partial charge in [-0.05, 0) is 79.9 Å². The van der Waals surface area contributed by atoms with E-state index >= 15 is 0 Å². The van der Waals surface area contributed by atoms with Crippen LogP contribution in [0, 0.1) is 15.3 Å². The maximum absolute atomic E-state index is 13.1. The van der Waals surface area contributed by atoms with Crippen molar-refractivity contribution in [3.63, 3.8) is 0 Å². The van der Waals surface area contributed by atoms with E-state index in [1.165, 1.54) is 18.6 Å². The van der Waals surface area contributed by atoms with Crippen LogP contribution in [0.1, 0.15) is 37.0 Å². The number of carbonyl (C=O) groups is 1. The summed E-state index contributed by atoms with van der Waals surface area (Å²) in [7, 11) is 0. The molecule has 116 valence electrons. The molecule has 21 heavy (non-hydrogen) atoms. The first-order valence-electron chi connectivity index (χ1n) is 7.44. The Hall–Kier alpha value is -0.690. The van der Waals surface area contributed by atoms with Crippen LogP contribution in [-0.2, 0) is 0 Å². The Morgan fingerprint density at radius 2 is 2.29 bits per heavy atom. The quantitative estimate of drug-likeness (QED) is 0.782. The highest BCUT2D eigenvalue weighted by Gasteiger charge is 2.22. The van der Waals surface area contributed by atoms with E-state index in [-0.39, 0.29) is 11.7 Å². The molecule has 0 saturated carbocycles. The van der Waals surface area contributed by atoms with Gasteiger partial charge in [0.25, 0.3) is 5.91 Å². The van der Waals surface area contributed by atoms with Gasteiger partial charge in [0, 0.05) is 22.7 Å². The number of hydrogen-bond donors (Lipinski definition) is 1. The van der Waals surface area contributed by atoms with Crippen LogP contribution in [0.2, 0.25) is 0 Å². The largest absolute Gasteiger partial charge is 0.352 e. The Kier molecular flexibility index (Phi) is 5.98. The smallest absolute Gasteiger partial charge is 0.252 e. The average molecular weight is 404 g/mol. The van der Waals surface area contributed by atoms with Gasteiger partial charge in [-0.15, -0.1) is 0 Å². The van der Waals surface area contributed by atoms with Crippen LogP contribution in [0.25, 0.3) is 0 Å². The summed E-state index contributed by atoms with van der Waals surface area (Å²) in [5.41, 5.74) is 0.550. The molecular weight excluding hydrogens is 382 g/mol. The maximum Gasteiger partial charge on any atom is 0.252 e. The van der Waals surface area contributed by atoms with Gasteiger partial charge in [-0.3, -0.25) is 4.79 Å². The number of nitrogens with zero attached hydrogens (tertiary/aromatic N) is 1. The van der Waals surface area contributed by atoms with Gasteiger partial charge in [-0.25, -0.2) is 4.39 Å². The molecule has 1 atom stereocenters. The molecule has 1 amide bonds. The predicted molar refractivity (Wildman–Crippen MR) is 90.9 cm³/mol. The van der Waals surface area contributed by atoms with Crippen molar-refractivity contribution in [1.29, 1.82) is 0 Å². The molecule has 1 N–H and O–H groups in total. The summed E-state index contributed by atoms with van der Waals surface area (Å²) >= 11 is 2.00. The molecule has 0 aliphatic carbocycles. The zero-order valence-electron chi connectivity index (χ0n) is 12.5. The van der Waals surface area contributed by atoms with Crippen molar-refractivity contribution in [2.75, 3.05) is 19.6 Å². The summed E-state index contributed by atoms with van der Waals surface area (Å²) < 4.78 is 13.7. The van der Waals surface area contributed by atoms with Gasteiger partial charge >= 0.3 is 0 Å². The number of carbonyl (C=O) groups excluding carboxylic acids is 1. The molecule has 3 nitrogen and oxygen atoms in total. The summed E-state index contributed by atoms with van der Waals surface area (Å²) in [6, 6.07) is 4.82. The van der Waals surface area contributed by atoms with Gasteiger partial charge in [-0.1, -0.05) is 0 Å². The minimum atomic E-state index is -0.309. The van der Waals surface area contributed by atoms with Crippen LogP contribution in [0.3, 0.4) is 0 Å². The fraction of sp³-hybridized carbons (Fsp3) is 0.562. The van der Waals surface area contributed by atoms with Gasteiger partial charge in [0.15, 0.2) is 0 Å². The molecule has 1 fully saturated rings. The first kappa shape index (κ1) is 16.7. The average Bonchev–Trinajstić information content (AvgIpc) is 2.45. The Morgan fingerprint density at radius 1 is 1.52 bits per heavy atom. The van der Waals surface area contributed by atoms with Crippen LogP contribution in [-0.4, -0.2) is 36.5 Å². The minimum absolute atomic E-state index is 0.110. The lowest BCUT2D eigenvalue weighted by atomic mass is 9.97. The fourth-order valence-corrected chi connectivity index (χ4v) is 3.46. The number of nitrogens with one attached hydrogen (secondary N) is 1. The third-order valence-electron chi connectivity index (χ3n) is 4.01. The number of amides is 1. The van der Waals surface area contributed by atoms with E-state index in [4.69, 9.17) is 0 Å². The van der Waals surface area contributed by atoms with Crippen molar-refractivity contribution in [2.24, 2.45) is 5.92 Å². The molecule has 1 saturated heterocycles. The topological polar surface area (TPSA) is 32.3 Å². The van der Waals surface area contributed by atoms with Crippen LogP contribution in [0.15, 0.2) is 18.2 Å². The number of piperidine rings is 1. The number of likely N-dealkylation sites (tertiary alicyclic amines) is 1. The zero-order valence-corrected chi connectivity index (χ0v) is 14.7. The Balaban J connectivity index is 1.89. The molecule has 0 bridgehead atoms. The van der Waals surface area contributed by atoms with Crippen molar-refractivity contribution < 1.29 is 9.18 Å². The Bertz CT molecular complexity index is 507. The number of halogens is 2. The lowest BCUT2D eigenvalue weighted by Crippen LogP contribution is -2.43. The molecular formula is C16H22FIN2O. The highest BCUT2D eigenvalue weighted by atomic mass is 127. The molecule has 0 spiro atoms. The van der Waals surface area contributed by atoms with Crippen molar-refractivity contribution >= 4 is 28.5 Å². The predicted octanol–water partition coefficient (Wildman–Crippen LogP) is 3.28. The summed E-state index contributed by atoms with van der Waals surface area (Å²) in [6.45, 7) is 7.30. The standard InChI is InChI=1S/C16H22FIN2O/c1-11(2)20-7-3-4-12(10-20)9-19-16(21)14-6-5-13(17)8-15(14)18/h5-6,8,11-12H,3-4,7,9-10H2,1-2H3,(H,19,21). The van der Waals surface area contributed by atoms with Gasteiger partial charge in [0.1, 0.15) is 5.82 Å². The normalized spacial score (nSPS) is 19.8. The van der Waals surface area contributed by atoms with Crippen LogP contribution in [0.4, 0.5) is 4.39 Å². The van der Waals surface area contributed by atoms with E-state index in [1.807, 2.05) is 22.6 Å². The summed E-state index contributed by atoms with van der Waals surface area (Å²) in [5, 5.41) is 3.00. The Labute approximate surface area is 139 Å². The molecule has 1 aliphatic rings. The fourth-order valence-electron chi connectivity index (χ4n) is 2.74. The lowest BCUT2D eigenvalue weighted by molar-refractivity contribution is 0.0922. The number of benzene rings is 1. The number of hydrogen-bond acceptors (Lipinski definition) is 2. The minimum Gasteiger partial charge on any atom is -0.352 e. The highest BCUT2D eigenvalue weighted by Crippen LogP contribution is 2.18. The molecule has 2 rings (SSSR count). The van der Waals surface area contributed by atoms with E-state index in [9.17, 15) is 9.18 Å². The van der Waals surface area contributed by atoms with E-state index in [2.05, 4.69) is 24.1 Å². The second kappa shape index (κ2) is 7.54. The van der Waals surface area contributed by atoms with Crippen LogP contribution >= 0.6 is 22.6 Å². The molecule has 1 aromatic carbocycles. The van der Waals surface area contributed by atoms with Gasteiger partial charge in [0.2, 0.25) is 0 Å². The molecule has 0 aromatic heterocycles. The van der Waals surface area contributed by atoms with Crippen molar-refractivity contribution in [3.05, 3.63) is 33.1 Å². The van der Waals surface area contributed by atoms with E-state index in [0.717, 1.165) is 19.5 Å². The summed E-state index contributed by atoms with van der Waals surface area (Å²) in [6.07, 6.45) is 2.34. The lowest BCUT2D eigenvalue weighted by Gasteiger charge is -2.35. The van der Waals surface area contributed by atoms with Crippen molar-refractivity contribution in [3.8, 4) is 0 Å². The van der Waals surface area contributed by atoms with Crippen molar-refractivity contribution in [1.82, 2.24) is 10.2 Å². The van der Waals surface area contributed by atoms with E-state index in [0.29, 0.717) is 27.6 Å². The first-order valence-corrected chi connectivity index (χ1v) is 8.52. The molecule has 1 aromatic rings.